The number of hydrogen-bond acceptors (Lipinski definition) is 7. The molecule has 8 nitrogen and oxygen atoms in total. The van der Waals surface area contributed by atoms with Crippen LogP contribution in [0, 0.1) is 5.82 Å². The van der Waals surface area contributed by atoms with E-state index in [4.69, 9.17) is 4.74 Å². The number of ether oxygens (including phenoxy) is 1. The van der Waals surface area contributed by atoms with E-state index in [9.17, 15) is 32.3 Å². The SMILES string of the molecule is CC(C)(C)OC(=O)N1CCC(O)C1C=O.CNCc1ccc(F)c(-c2cnc(C(F)(F)F)cn2)c1. The van der Waals surface area contributed by atoms with Gasteiger partial charge < -0.3 is 20.0 Å². The summed E-state index contributed by atoms with van der Waals surface area (Å²) in [4.78, 5) is 30.5. The highest BCUT2D eigenvalue weighted by molar-refractivity contribution is 5.75. The Balaban J connectivity index is 0.000000258. The number of rotatable bonds is 4. The lowest BCUT2D eigenvalue weighted by atomic mass is 10.1. The van der Waals surface area contributed by atoms with E-state index in [0.717, 1.165) is 11.8 Å². The summed E-state index contributed by atoms with van der Waals surface area (Å²) in [6.45, 7) is 6.15. The molecule has 1 fully saturated rings. The number of nitrogens with zero attached hydrogens (tertiary/aromatic N) is 3. The average Bonchev–Trinajstić information content (AvgIpc) is 3.15. The van der Waals surface area contributed by atoms with Crippen LogP contribution in [-0.4, -0.2) is 63.7 Å². The van der Waals surface area contributed by atoms with Crippen molar-refractivity contribution < 1.29 is 37.0 Å². The maximum absolute atomic E-state index is 13.7. The number of nitrogens with one attached hydrogen (secondary N) is 1. The number of likely N-dealkylation sites (tertiary alicyclic amines) is 1. The molecule has 12 heteroatoms. The molecule has 0 saturated carbocycles. The van der Waals surface area contributed by atoms with Crippen molar-refractivity contribution in [2.75, 3.05) is 13.6 Å². The summed E-state index contributed by atoms with van der Waals surface area (Å²) in [6.07, 6.45) is -3.35. The van der Waals surface area contributed by atoms with Crippen molar-refractivity contribution in [3.05, 3.63) is 47.7 Å². The molecule has 1 aliphatic heterocycles. The molecule has 2 aromatic rings. The fraction of sp³-hybridized carbons (Fsp3) is 0.478. The van der Waals surface area contributed by atoms with E-state index in [1.165, 1.54) is 17.0 Å². The number of aliphatic hydroxyl groups is 1. The first-order chi connectivity index (χ1) is 16.3. The van der Waals surface area contributed by atoms with Gasteiger partial charge in [0.1, 0.15) is 23.7 Å². The predicted octanol–water partition coefficient (Wildman–Crippen LogP) is 3.58. The quantitative estimate of drug-likeness (QED) is 0.489. The normalized spacial score (nSPS) is 18.0. The third kappa shape index (κ3) is 7.96. The number of halogens is 4. The number of carbonyl (C=O) groups excluding carboxylic acids is 2. The summed E-state index contributed by atoms with van der Waals surface area (Å²) in [7, 11) is 1.74. The van der Waals surface area contributed by atoms with E-state index >= 15 is 0 Å². The second-order valence-corrected chi connectivity index (χ2v) is 8.79. The average molecular weight is 500 g/mol. The summed E-state index contributed by atoms with van der Waals surface area (Å²) in [5.41, 5.74) is -0.705. The van der Waals surface area contributed by atoms with E-state index in [0.29, 0.717) is 32.0 Å². The fourth-order valence-electron chi connectivity index (χ4n) is 3.19. The molecule has 2 heterocycles. The third-order valence-electron chi connectivity index (χ3n) is 4.82. The van der Waals surface area contributed by atoms with Gasteiger partial charge in [-0.3, -0.25) is 9.88 Å². The standard InChI is InChI=1S/C13H11F4N3.C10H17NO4/c1-18-5-8-2-3-10(14)9(4-8)11-6-20-12(7-19-11)13(15,16)17;1-10(2,3)15-9(14)11-5-4-8(13)7(11)6-12/h2-4,6-7,18H,5H2,1H3;6-8,13H,4-5H2,1-3H3. The van der Waals surface area contributed by atoms with Crippen molar-refractivity contribution in [1.29, 1.82) is 0 Å². The van der Waals surface area contributed by atoms with Gasteiger partial charge in [0.15, 0.2) is 5.69 Å². The molecule has 2 N–H and O–H groups in total. The van der Waals surface area contributed by atoms with Crippen LogP contribution in [0.3, 0.4) is 0 Å². The topological polar surface area (TPSA) is 105 Å². The zero-order valence-electron chi connectivity index (χ0n) is 19.8. The Kier molecular flexibility index (Phi) is 9.27. The van der Waals surface area contributed by atoms with Crippen LogP contribution in [0.2, 0.25) is 0 Å². The number of aliphatic hydroxyl groups excluding tert-OH is 1. The Hall–Kier alpha value is -3.12. The molecule has 1 aliphatic rings. The molecule has 0 bridgehead atoms. The van der Waals surface area contributed by atoms with Gasteiger partial charge in [-0.05, 0) is 51.9 Å². The van der Waals surface area contributed by atoms with Crippen molar-refractivity contribution in [1.82, 2.24) is 20.2 Å². The van der Waals surface area contributed by atoms with E-state index in [1.807, 2.05) is 0 Å². The summed E-state index contributed by atoms with van der Waals surface area (Å²) in [5, 5.41) is 12.3. The lowest BCUT2D eigenvalue weighted by molar-refractivity contribution is -0.141. The summed E-state index contributed by atoms with van der Waals surface area (Å²) < 4.78 is 56.0. The first-order valence-corrected chi connectivity index (χ1v) is 10.7. The molecule has 2 atom stereocenters. The van der Waals surface area contributed by atoms with E-state index in [2.05, 4.69) is 15.3 Å². The summed E-state index contributed by atoms with van der Waals surface area (Å²) in [5.74, 6) is -0.557. The molecule has 1 saturated heterocycles. The Morgan fingerprint density at radius 2 is 1.94 bits per heavy atom. The maximum atomic E-state index is 13.7. The smallest absolute Gasteiger partial charge is 0.434 e. The van der Waals surface area contributed by atoms with E-state index < -0.39 is 41.5 Å². The van der Waals surface area contributed by atoms with Gasteiger partial charge in [0.25, 0.3) is 0 Å². The van der Waals surface area contributed by atoms with Crippen LogP contribution in [0.25, 0.3) is 11.3 Å². The van der Waals surface area contributed by atoms with Crippen LogP contribution in [0.15, 0.2) is 30.6 Å². The van der Waals surface area contributed by atoms with Crippen molar-refractivity contribution in [3.63, 3.8) is 0 Å². The molecule has 0 radical (unpaired) electrons. The third-order valence-corrected chi connectivity index (χ3v) is 4.82. The van der Waals surface area contributed by atoms with Gasteiger partial charge >= 0.3 is 12.3 Å². The zero-order valence-corrected chi connectivity index (χ0v) is 19.8. The van der Waals surface area contributed by atoms with Gasteiger partial charge in [-0.25, -0.2) is 14.2 Å². The van der Waals surface area contributed by atoms with Crippen LogP contribution in [-0.2, 0) is 22.3 Å². The first kappa shape index (κ1) is 28.1. The van der Waals surface area contributed by atoms with Gasteiger partial charge in [-0.2, -0.15) is 13.2 Å². The van der Waals surface area contributed by atoms with Gasteiger partial charge in [-0.1, -0.05) is 6.07 Å². The van der Waals surface area contributed by atoms with Crippen LogP contribution in [0.1, 0.15) is 38.4 Å². The van der Waals surface area contributed by atoms with Gasteiger partial charge in [0.05, 0.1) is 24.2 Å². The maximum Gasteiger partial charge on any atom is 0.434 e. The molecular formula is C23H28F4N4O4. The van der Waals surface area contributed by atoms with Crippen molar-refractivity contribution in [3.8, 4) is 11.3 Å². The Labute approximate surface area is 200 Å². The first-order valence-electron chi connectivity index (χ1n) is 10.7. The number of amides is 1. The molecule has 0 spiro atoms. The highest BCUT2D eigenvalue weighted by Gasteiger charge is 2.38. The van der Waals surface area contributed by atoms with Crippen molar-refractivity contribution in [2.45, 2.75) is 57.7 Å². The minimum atomic E-state index is -4.56. The monoisotopic (exact) mass is 500 g/mol. The molecule has 3 rings (SSSR count). The highest BCUT2D eigenvalue weighted by atomic mass is 19.4. The molecule has 1 aromatic heterocycles. The van der Waals surface area contributed by atoms with Gasteiger partial charge in [0, 0.05) is 18.7 Å². The van der Waals surface area contributed by atoms with E-state index in [1.54, 1.807) is 33.9 Å². The van der Waals surface area contributed by atoms with Gasteiger partial charge in [-0.15, -0.1) is 0 Å². The van der Waals surface area contributed by atoms with Crippen LogP contribution >= 0.6 is 0 Å². The van der Waals surface area contributed by atoms with Crippen molar-refractivity contribution >= 4 is 12.4 Å². The fourth-order valence-corrected chi connectivity index (χ4v) is 3.19. The molecule has 35 heavy (non-hydrogen) atoms. The lowest BCUT2D eigenvalue weighted by Gasteiger charge is -2.26. The zero-order chi connectivity index (χ0) is 26.4. The molecule has 1 amide bonds. The van der Waals surface area contributed by atoms with Crippen LogP contribution in [0.5, 0.6) is 0 Å². The number of carbonyl (C=O) groups is 2. The van der Waals surface area contributed by atoms with E-state index in [-0.39, 0.29) is 11.3 Å². The lowest BCUT2D eigenvalue weighted by Crippen LogP contribution is -2.43. The Bertz CT molecular complexity index is 1010. The minimum Gasteiger partial charge on any atom is -0.444 e. The molecule has 1 aromatic carbocycles. The second-order valence-electron chi connectivity index (χ2n) is 8.79. The summed E-state index contributed by atoms with van der Waals surface area (Å²) >= 11 is 0. The number of alkyl halides is 3. The number of benzene rings is 1. The number of aromatic nitrogens is 2. The van der Waals surface area contributed by atoms with Crippen molar-refractivity contribution in [2.24, 2.45) is 0 Å². The second kappa shape index (κ2) is 11.5. The molecule has 0 aliphatic carbocycles. The predicted molar refractivity (Wildman–Crippen MR) is 119 cm³/mol. The Morgan fingerprint density at radius 3 is 2.46 bits per heavy atom. The largest absolute Gasteiger partial charge is 0.444 e. The molecule has 192 valence electrons. The van der Waals surface area contributed by atoms with Gasteiger partial charge in [0.2, 0.25) is 0 Å². The molecular weight excluding hydrogens is 472 g/mol. The Morgan fingerprint density at radius 1 is 1.26 bits per heavy atom. The minimum absolute atomic E-state index is 0.0634. The molecule has 2 unspecified atom stereocenters. The summed E-state index contributed by atoms with van der Waals surface area (Å²) in [6, 6.07) is 3.61. The highest BCUT2D eigenvalue weighted by Crippen LogP contribution is 2.28. The van der Waals surface area contributed by atoms with Crippen LogP contribution in [0.4, 0.5) is 22.4 Å². The number of hydrogen-bond donors (Lipinski definition) is 2. The number of aldehydes is 1. The van der Waals surface area contributed by atoms with Crippen LogP contribution < -0.4 is 5.32 Å².